The molecular formula is C13H17FO3. The molecule has 0 radical (unpaired) electrons. The summed E-state index contributed by atoms with van der Waals surface area (Å²) in [6.45, 7) is 7.12. The molecule has 1 rings (SSSR count). The fourth-order valence-electron chi connectivity index (χ4n) is 1.42. The van der Waals surface area contributed by atoms with E-state index < -0.39 is 12.5 Å². The predicted molar refractivity (Wildman–Crippen MR) is 62.8 cm³/mol. The summed E-state index contributed by atoms with van der Waals surface area (Å²) in [5, 5.41) is 0. The minimum atomic E-state index is -1.68. The van der Waals surface area contributed by atoms with Gasteiger partial charge in [-0.15, -0.1) is 0 Å². The SMILES string of the molecule is CC(F)OC(=O)Oc1ccccc1C(C)(C)C. The highest BCUT2D eigenvalue weighted by atomic mass is 19.1. The molecule has 0 fully saturated rings. The van der Waals surface area contributed by atoms with Gasteiger partial charge in [0.15, 0.2) is 0 Å². The molecule has 0 N–H and O–H groups in total. The fraction of sp³-hybridized carbons (Fsp3) is 0.462. The lowest BCUT2D eigenvalue weighted by Gasteiger charge is -2.21. The Morgan fingerprint density at radius 3 is 2.41 bits per heavy atom. The molecule has 3 nitrogen and oxygen atoms in total. The Balaban J connectivity index is 2.88. The summed E-state index contributed by atoms with van der Waals surface area (Å²) in [4.78, 5) is 11.2. The van der Waals surface area contributed by atoms with Crippen molar-refractivity contribution >= 4 is 6.16 Å². The van der Waals surface area contributed by atoms with E-state index in [1.807, 2.05) is 32.9 Å². The minimum absolute atomic E-state index is 0.168. The van der Waals surface area contributed by atoms with Gasteiger partial charge < -0.3 is 9.47 Å². The van der Waals surface area contributed by atoms with Gasteiger partial charge in [0.1, 0.15) is 5.75 Å². The third-order valence-electron chi connectivity index (χ3n) is 2.15. The van der Waals surface area contributed by atoms with Gasteiger partial charge in [0.25, 0.3) is 0 Å². The standard InChI is InChI=1S/C13H17FO3/c1-9(14)16-12(15)17-11-8-6-5-7-10(11)13(2,3)4/h5-9H,1-4H3. The third-order valence-corrected chi connectivity index (χ3v) is 2.15. The summed E-state index contributed by atoms with van der Waals surface area (Å²) in [6, 6.07) is 7.12. The van der Waals surface area contributed by atoms with E-state index >= 15 is 0 Å². The Hall–Kier alpha value is -1.58. The topological polar surface area (TPSA) is 35.5 Å². The number of halogens is 1. The summed E-state index contributed by atoms with van der Waals surface area (Å²) >= 11 is 0. The predicted octanol–water partition coefficient (Wildman–Crippen LogP) is 3.82. The number of hydrogen-bond donors (Lipinski definition) is 0. The lowest BCUT2D eigenvalue weighted by atomic mass is 9.86. The molecule has 0 aromatic heterocycles. The Bertz CT molecular complexity index is 394. The zero-order valence-electron chi connectivity index (χ0n) is 10.5. The number of carbonyl (C=O) groups is 1. The fourth-order valence-corrected chi connectivity index (χ4v) is 1.42. The van der Waals surface area contributed by atoms with Gasteiger partial charge in [0.2, 0.25) is 6.36 Å². The number of hydrogen-bond acceptors (Lipinski definition) is 3. The Labute approximate surface area is 101 Å². The van der Waals surface area contributed by atoms with E-state index in [2.05, 4.69) is 4.74 Å². The number of carbonyl (C=O) groups excluding carboxylic acids is 1. The highest BCUT2D eigenvalue weighted by molar-refractivity contribution is 5.65. The monoisotopic (exact) mass is 240 g/mol. The van der Waals surface area contributed by atoms with E-state index in [0.29, 0.717) is 5.75 Å². The van der Waals surface area contributed by atoms with Crippen LogP contribution < -0.4 is 4.74 Å². The average molecular weight is 240 g/mol. The Kier molecular flexibility index (Phi) is 4.10. The van der Waals surface area contributed by atoms with Gasteiger partial charge in [-0.2, -0.15) is 0 Å². The van der Waals surface area contributed by atoms with Gasteiger partial charge in [0, 0.05) is 12.5 Å². The molecule has 0 bridgehead atoms. The van der Waals surface area contributed by atoms with Crippen LogP contribution >= 0.6 is 0 Å². The van der Waals surface area contributed by atoms with Gasteiger partial charge >= 0.3 is 6.16 Å². The van der Waals surface area contributed by atoms with Crippen LogP contribution in [0.25, 0.3) is 0 Å². The molecule has 1 aromatic carbocycles. The van der Waals surface area contributed by atoms with Crippen LogP contribution in [0.3, 0.4) is 0 Å². The van der Waals surface area contributed by atoms with E-state index in [1.165, 1.54) is 0 Å². The molecule has 1 atom stereocenters. The molecular weight excluding hydrogens is 223 g/mol. The first-order valence-corrected chi connectivity index (χ1v) is 5.43. The van der Waals surface area contributed by atoms with Gasteiger partial charge in [0.05, 0.1) is 0 Å². The zero-order valence-corrected chi connectivity index (χ0v) is 10.5. The van der Waals surface area contributed by atoms with Crippen molar-refractivity contribution < 1.29 is 18.7 Å². The van der Waals surface area contributed by atoms with E-state index in [9.17, 15) is 9.18 Å². The van der Waals surface area contributed by atoms with Crippen LogP contribution in [0, 0.1) is 0 Å². The lowest BCUT2D eigenvalue weighted by molar-refractivity contribution is 0.00169. The van der Waals surface area contributed by atoms with Crippen LogP contribution in [0.4, 0.5) is 9.18 Å². The first-order valence-electron chi connectivity index (χ1n) is 5.43. The minimum Gasteiger partial charge on any atom is -0.400 e. The second kappa shape index (κ2) is 5.17. The molecule has 0 spiro atoms. The van der Waals surface area contributed by atoms with Crippen molar-refractivity contribution in [2.24, 2.45) is 0 Å². The van der Waals surface area contributed by atoms with Gasteiger partial charge in [-0.1, -0.05) is 39.0 Å². The number of benzene rings is 1. The first kappa shape index (κ1) is 13.5. The quantitative estimate of drug-likeness (QED) is 0.582. The van der Waals surface area contributed by atoms with Crippen molar-refractivity contribution in [3.8, 4) is 5.75 Å². The maximum atomic E-state index is 12.5. The van der Waals surface area contributed by atoms with Crippen molar-refractivity contribution in [3.63, 3.8) is 0 Å². The molecule has 1 aromatic rings. The number of rotatable bonds is 2. The summed E-state index contributed by atoms with van der Waals surface area (Å²) < 4.78 is 21.7. The highest BCUT2D eigenvalue weighted by Gasteiger charge is 2.21. The second-order valence-corrected chi connectivity index (χ2v) is 4.76. The van der Waals surface area contributed by atoms with Crippen molar-refractivity contribution in [1.82, 2.24) is 0 Å². The van der Waals surface area contributed by atoms with Gasteiger partial charge in [-0.05, 0) is 11.5 Å². The van der Waals surface area contributed by atoms with E-state index in [0.717, 1.165) is 12.5 Å². The number of para-hydroxylation sites is 1. The third kappa shape index (κ3) is 4.06. The van der Waals surface area contributed by atoms with Crippen molar-refractivity contribution in [2.75, 3.05) is 0 Å². The van der Waals surface area contributed by atoms with Gasteiger partial charge in [-0.25, -0.2) is 9.18 Å². The van der Waals surface area contributed by atoms with Crippen LogP contribution in [-0.2, 0) is 10.2 Å². The smallest absolute Gasteiger partial charge is 0.400 e. The molecule has 4 heteroatoms. The Morgan fingerprint density at radius 1 is 1.29 bits per heavy atom. The van der Waals surface area contributed by atoms with Crippen molar-refractivity contribution in [2.45, 2.75) is 39.5 Å². The average Bonchev–Trinajstić information content (AvgIpc) is 2.15. The maximum Gasteiger partial charge on any atom is 0.516 e. The molecule has 0 aliphatic heterocycles. The largest absolute Gasteiger partial charge is 0.516 e. The molecule has 0 saturated carbocycles. The summed E-state index contributed by atoms with van der Waals surface area (Å²) in [6.07, 6.45) is -2.71. The summed E-state index contributed by atoms with van der Waals surface area (Å²) in [5.74, 6) is 0.394. The molecule has 0 saturated heterocycles. The zero-order chi connectivity index (χ0) is 13.1. The van der Waals surface area contributed by atoms with Crippen LogP contribution in [0.5, 0.6) is 5.75 Å². The maximum absolute atomic E-state index is 12.5. The number of ether oxygens (including phenoxy) is 2. The van der Waals surface area contributed by atoms with Gasteiger partial charge in [-0.3, -0.25) is 0 Å². The van der Waals surface area contributed by atoms with E-state index in [4.69, 9.17) is 4.74 Å². The van der Waals surface area contributed by atoms with E-state index in [-0.39, 0.29) is 5.41 Å². The summed E-state index contributed by atoms with van der Waals surface area (Å²) in [5.41, 5.74) is 0.696. The van der Waals surface area contributed by atoms with Crippen LogP contribution in [0.2, 0.25) is 0 Å². The lowest BCUT2D eigenvalue weighted by Crippen LogP contribution is -2.18. The molecule has 0 heterocycles. The molecule has 17 heavy (non-hydrogen) atoms. The molecule has 0 amide bonds. The van der Waals surface area contributed by atoms with Crippen LogP contribution in [0.15, 0.2) is 24.3 Å². The Morgan fingerprint density at radius 2 is 1.88 bits per heavy atom. The normalized spacial score (nSPS) is 13.0. The molecule has 94 valence electrons. The van der Waals surface area contributed by atoms with Crippen LogP contribution in [-0.4, -0.2) is 12.5 Å². The van der Waals surface area contributed by atoms with Crippen molar-refractivity contribution in [3.05, 3.63) is 29.8 Å². The molecule has 1 unspecified atom stereocenters. The van der Waals surface area contributed by atoms with Crippen LogP contribution in [0.1, 0.15) is 33.3 Å². The molecule has 0 aliphatic carbocycles. The summed E-state index contributed by atoms with van der Waals surface area (Å²) in [7, 11) is 0. The highest BCUT2D eigenvalue weighted by Crippen LogP contribution is 2.31. The van der Waals surface area contributed by atoms with E-state index in [1.54, 1.807) is 12.1 Å². The first-order chi connectivity index (χ1) is 7.80. The molecule has 0 aliphatic rings. The second-order valence-electron chi connectivity index (χ2n) is 4.76. The number of alkyl halides is 1. The van der Waals surface area contributed by atoms with Crippen molar-refractivity contribution in [1.29, 1.82) is 0 Å².